The zero-order valence-electron chi connectivity index (χ0n) is 22.9. The van der Waals surface area contributed by atoms with Crippen LogP contribution < -0.4 is 9.47 Å². The van der Waals surface area contributed by atoms with E-state index in [1.165, 1.54) is 25.1 Å². The summed E-state index contributed by atoms with van der Waals surface area (Å²) in [6.07, 6.45) is 1.33. The predicted octanol–water partition coefficient (Wildman–Crippen LogP) is 5.64. The van der Waals surface area contributed by atoms with Crippen molar-refractivity contribution in [2.45, 2.75) is 44.4 Å². The van der Waals surface area contributed by atoms with E-state index in [1.807, 2.05) is 6.92 Å². The maximum atomic E-state index is 13.3. The van der Waals surface area contributed by atoms with E-state index >= 15 is 0 Å². The smallest absolute Gasteiger partial charge is 0.434 e. The lowest BCUT2D eigenvalue weighted by atomic mass is 10.1. The monoisotopic (exact) mass is 582 g/mol. The second-order valence-corrected chi connectivity index (χ2v) is 9.93. The number of aromatic nitrogens is 8. The summed E-state index contributed by atoms with van der Waals surface area (Å²) in [4.78, 5) is 21.9. The van der Waals surface area contributed by atoms with Crippen LogP contribution in [0.25, 0.3) is 33.8 Å². The molecule has 0 amide bonds. The molecule has 0 saturated heterocycles. The molecule has 0 radical (unpaired) electrons. The van der Waals surface area contributed by atoms with Crippen molar-refractivity contribution in [2.24, 2.45) is 0 Å². The minimum Gasteiger partial charge on any atom is -0.480 e. The topological polar surface area (TPSA) is 106 Å². The Kier molecular flexibility index (Phi) is 6.99. The molecule has 4 heterocycles. The van der Waals surface area contributed by atoms with Crippen LogP contribution in [0.15, 0.2) is 43.0 Å². The summed E-state index contributed by atoms with van der Waals surface area (Å²) in [6, 6.07) is 6.48. The largest absolute Gasteiger partial charge is 0.480 e. The van der Waals surface area contributed by atoms with Gasteiger partial charge >= 0.3 is 6.18 Å². The molecule has 0 N–H and O–H groups in total. The summed E-state index contributed by atoms with van der Waals surface area (Å²) in [5, 5.41) is 5.23. The molecule has 6 rings (SSSR count). The number of hydrogen-bond acceptors (Lipinski definition) is 8. The first-order valence-electron chi connectivity index (χ1n) is 13.2. The van der Waals surface area contributed by atoms with E-state index in [4.69, 9.17) is 14.5 Å². The lowest BCUT2D eigenvalue weighted by Gasteiger charge is -2.15. The Bertz CT molecular complexity index is 1750. The van der Waals surface area contributed by atoms with Gasteiger partial charge in [-0.15, -0.1) is 5.10 Å². The van der Waals surface area contributed by atoms with Gasteiger partial charge in [0.25, 0.3) is 0 Å². The Hall–Kier alpha value is -4.62. The van der Waals surface area contributed by atoms with E-state index in [-0.39, 0.29) is 18.4 Å². The lowest BCUT2D eigenvalue weighted by molar-refractivity contribution is -0.140. The van der Waals surface area contributed by atoms with Crippen LogP contribution in [0.3, 0.4) is 0 Å². The molecule has 1 saturated carbocycles. The molecule has 0 spiro atoms. The second-order valence-electron chi connectivity index (χ2n) is 9.93. The molecule has 42 heavy (non-hydrogen) atoms. The number of hydrogen-bond donors (Lipinski definition) is 0. The van der Waals surface area contributed by atoms with Gasteiger partial charge < -0.3 is 14.0 Å². The van der Waals surface area contributed by atoms with Gasteiger partial charge in [-0.3, -0.25) is 0 Å². The van der Waals surface area contributed by atoms with E-state index in [0.717, 1.165) is 30.3 Å². The summed E-state index contributed by atoms with van der Waals surface area (Å²) in [5.74, 6) is 1.45. The van der Waals surface area contributed by atoms with E-state index < -0.39 is 18.5 Å². The zero-order chi connectivity index (χ0) is 29.6. The van der Waals surface area contributed by atoms with Crippen molar-refractivity contribution in [1.29, 1.82) is 0 Å². The van der Waals surface area contributed by atoms with Gasteiger partial charge in [-0.1, -0.05) is 24.3 Å². The number of halogens is 4. The quantitative estimate of drug-likeness (QED) is 0.206. The van der Waals surface area contributed by atoms with Crippen LogP contribution in [-0.4, -0.2) is 60.2 Å². The Morgan fingerprint density at radius 1 is 1.00 bits per heavy atom. The Balaban J connectivity index is 1.39. The predicted molar refractivity (Wildman–Crippen MR) is 144 cm³/mol. The van der Waals surface area contributed by atoms with Crippen LogP contribution in [0.1, 0.15) is 48.7 Å². The summed E-state index contributed by atoms with van der Waals surface area (Å²) in [7, 11) is 3.04. The molecule has 14 heteroatoms. The number of imidazole rings is 1. The number of rotatable bonds is 9. The Morgan fingerprint density at radius 2 is 1.74 bits per heavy atom. The van der Waals surface area contributed by atoms with E-state index in [2.05, 4.69) is 25.0 Å². The van der Waals surface area contributed by atoms with Crippen LogP contribution >= 0.6 is 0 Å². The van der Waals surface area contributed by atoms with Gasteiger partial charge in [-0.05, 0) is 25.3 Å². The molecule has 1 aromatic carbocycles. The van der Waals surface area contributed by atoms with Gasteiger partial charge in [0.15, 0.2) is 17.2 Å². The van der Waals surface area contributed by atoms with Crippen molar-refractivity contribution >= 4 is 11.0 Å². The fourth-order valence-corrected chi connectivity index (χ4v) is 4.95. The number of aryl methyl sites for hydroxylation is 1. The van der Waals surface area contributed by atoms with Crippen LogP contribution in [-0.2, 0) is 12.7 Å². The molecular formula is C28H26F4N8O2. The summed E-state index contributed by atoms with van der Waals surface area (Å²) < 4.78 is 66.8. The summed E-state index contributed by atoms with van der Waals surface area (Å²) in [5.41, 5.74) is 2.13. The molecule has 0 aliphatic heterocycles. The first kappa shape index (κ1) is 27.5. The van der Waals surface area contributed by atoms with Crippen molar-refractivity contribution in [1.82, 2.24) is 39.3 Å². The van der Waals surface area contributed by atoms with Crippen molar-refractivity contribution in [3.05, 3.63) is 59.9 Å². The van der Waals surface area contributed by atoms with Gasteiger partial charge in [0.2, 0.25) is 11.8 Å². The third-order valence-corrected chi connectivity index (χ3v) is 7.24. The van der Waals surface area contributed by atoms with E-state index in [9.17, 15) is 17.6 Å². The van der Waals surface area contributed by atoms with Crippen LogP contribution in [0.5, 0.6) is 11.8 Å². The standard InChI is InChI=1S/C28H26F4N8O2/c1-15(16-4-8-18(9-5-16)24-36-20(28(30,31)32)13-39(24)11-10-29)40-25-19(26(38-40)41-2)12-33-23(37-25)21-22(17-6-7-17)34-14-35-27(21)42-3/h4-5,8-9,12-15,17H,6-7,10-11H2,1-3H3/t15-/m0/s1. The average molecular weight is 583 g/mol. The van der Waals surface area contributed by atoms with E-state index in [0.29, 0.717) is 45.7 Å². The molecule has 0 unspecified atom stereocenters. The molecule has 1 aliphatic carbocycles. The fourth-order valence-electron chi connectivity index (χ4n) is 4.95. The molecule has 10 nitrogen and oxygen atoms in total. The molecule has 1 atom stereocenters. The van der Waals surface area contributed by atoms with Crippen LogP contribution in [0.2, 0.25) is 0 Å². The van der Waals surface area contributed by atoms with Crippen LogP contribution in [0, 0.1) is 0 Å². The van der Waals surface area contributed by atoms with Gasteiger partial charge in [0, 0.05) is 23.9 Å². The van der Waals surface area contributed by atoms with Crippen molar-refractivity contribution in [2.75, 3.05) is 20.9 Å². The zero-order valence-corrected chi connectivity index (χ0v) is 22.9. The highest BCUT2D eigenvalue weighted by Gasteiger charge is 2.35. The van der Waals surface area contributed by atoms with Crippen LogP contribution in [0.4, 0.5) is 17.6 Å². The lowest BCUT2D eigenvalue weighted by Crippen LogP contribution is -2.10. The number of alkyl halides is 4. The Morgan fingerprint density at radius 3 is 2.38 bits per heavy atom. The van der Waals surface area contributed by atoms with Gasteiger partial charge in [-0.2, -0.15) is 13.2 Å². The molecular weight excluding hydrogens is 556 g/mol. The molecule has 0 bridgehead atoms. The van der Waals surface area contributed by atoms with Crippen molar-refractivity contribution in [3.63, 3.8) is 0 Å². The molecule has 1 aliphatic rings. The fraction of sp³-hybridized carbons (Fsp3) is 0.357. The van der Waals surface area contributed by atoms with E-state index in [1.54, 1.807) is 35.1 Å². The summed E-state index contributed by atoms with van der Waals surface area (Å²) in [6.45, 7) is 0.852. The number of methoxy groups -OCH3 is 2. The minimum absolute atomic E-state index is 0.0354. The van der Waals surface area contributed by atoms with Gasteiger partial charge in [-0.25, -0.2) is 34.0 Å². The average Bonchev–Trinajstić information content (AvgIpc) is 3.65. The Labute approximate surface area is 237 Å². The van der Waals surface area contributed by atoms with Gasteiger partial charge in [0.05, 0.1) is 32.5 Å². The first-order valence-corrected chi connectivity index (χ1v) is 13.2. The first-order chi connectivity index (χ1) is 20.2. The highest BCUT2D eigenvalue weighted by molar-refractivity contribution is 5.83. The highest BCUT2D eigenvalue weighted by Crippen LogP contribution is 2.45. The molecule has 5 aromatic rings. The number of benzene rings is 1. The molecule has 1 fully saturated rings. The SMILES string of the molecule is COc1ncnc(C2CC2)c1-c1ncc2c(OC)nn([C@@H](C)c3ccc(-c4nc(C(F)(F)F)cn4CCF)cc3)c2n1. The van der Waals surface area contributed by atoms with Crippen molar-refractivity contribution in [3.8, 4) is 34.5 Å². The normalized spacial score (nSPS) is 14.4. The number of fused-ring (bicyclic) bond motifs is 1. The summed E-state index contributed by atoms with van der Waals surface area (Å²) >= 11 is 0. The number of ether oxygens (including phenoxy) is 2. The third-order valence-electron chi connectivity index (χ3n) is 7.24. The van der Waals surface area contributed by atoms with Crippen molar-refractivity contribution < 1.29 is 27.0 Å². The number of nitrogens with zero attached hydrogens (tertiary/aromatic N) is 8. The second kappa shape index (κ2) is 10.7. The highest BCUT2D eigenvalue weighted by atomic mass is 19.4. The minimum atomic E-state index is -4.64. The van der Waals surface area contributed by atoms with Gasteiger partial charge in [0.1, 0.15) is 29.8 Å². The molecule has 4 aromatic heterocycles. The third kappa shape index (κ3) is 4.90. The maximum Gasteiger partial charge on any atom is 0.434 e. The molecule has 218 valence electrons. The maximum absolute atomic E-state index is 13.3.